The third-order valence-electron chi connectivity index (χ3n) is 3.86. The Morgan fingerprint density at radius 1 is 1.34 bits per heavy atom. The molecule has 0 unspecified atom stereocenters. The maximum atomic E-state index is 14.6. The zero-order valence-electron chi connectivity index (χ0n) is 16.8. The van der Waals surface area contributed by atoms with Crippen molar-refractivity contribution in [1.29, 1.82) is 0 Å². The molecule has 2 aromatic rings. The third-order valence-corrected chi connectivity index (χ3v) is 6.52. The number of hydrogen-bond donors (Lipinski definition) is 2. The van der Waals surface area contributed by atoms with Crippen molar-refractivity contribution in [1.82, 2.24) is 10.3 Å². The number of nitrogens with two attached hydrogens (primary N) is 1. The van der Waals surface area contributed by atoms with Crippen LogP contribution in [-0.2, 0) is 14.4 Å². The summed E-state index contributed by atoms with van der Waals surface area (Å²) in [5.74, 6) is 4.72. The number of carbonyl (C=O) groups is 3. The third kappa shape index (κ3) is 7.30. The second-order valence-electron chi connectivity index (χ2n) is 6.21. The van der Waals surface area contributed by atoms with E-state index in [-0.39, 0.29) is 28.6 Å². The van der Waals surface area contributed by atoms with E-state index in [1.807, 2.05) is 5.32 Å². The molecule has 0 saturated carbocycles. The van der Waals surface area contributed by atoms with Crippen LogP contribution in [0.5, 0.6) is 0 Å². The van der Waals surface area contributed by atoms with Gasteiger partial charge in [-0.1, -0.05) is 23.4 Å². The molecule has 0 spiro atoms. The number of imide groups is 1. The van der Waals surface area contributed by atoms with E-state index in [1.165, 1.54) is 36.5 Å². The molecule has 0 fully saturated rings. The topological polar surface area (TPSA) is 105 Å². The Bertz CT molecular complexity index is 1040. The maximum Gasteiger partial charge on any atom is 0.252 e. The van der Waals surface area contributed by atoms with Crippen LogP contribution in [0.3, 0.4) is 0 Å². The predicted molar refractivity (Wildman–Crippen MR) is 121 cm³/mol. The molecule has 0 aliphatic rings. The van der Waals surface area contributed by atoms with E-state index >= 15 is 0 Å². The van der Waals surface area contributed by atoms with Gasteiger partial charge in [0.1, 0.15) is 23.3 Å². The van der Waals surface area contributed by atoms with Gasteiger partial charge in [0.15, 0.2) is 0 Å². The summed E-state index contributed by atoms with van der Waals surface area (Å²) in [6.45, 7) is 0.322. The van der Waals surface area contributed by atoms with Crippen molar-refractivity contribution in [3.63, 3.8) is 0 Å². The number of pyridine rings is 1. The first-order valence-corrected chi connectivity index (χ1v) is 11.2. The summed E-state index contributed by atoms with van der Waals surface area (Å²) in [5.41, 5.74) is -0.599. The smallest absolute Gasteiger partial charge is 0.252 e. The molecule has 0 bridgehead atoms. The molecule has 7 nitrogen and oxygen atoms in total. The summed E-state index contributed by atoms with van der Waals surface area (Å²) in [4.78, 5) is 38.5. The van der Waals surface area contributed by atoms with Crippen LogP contribution in [0.2, 0.25) is 5.02 Å². The van der Waals surface area contributed by atoms with Crippen molar-refractivity contribution >= 4 is 58.9 Å². The lowest BCUT2D eigenvalue weighted by Gasteiger charge is -2.22. The standard InChI is InChI=1S/C20H19ClF2N4O3S2/c1-12(29)4-6-31-20-17(3-2-5-25-20)32-18-9-16(15(23)8-14(18)21)27(24)13(10-22)7-19(30)26-11-28/h2-3,5,7-9,11H,4,6,10,24H2,1H3,(H,26,28,30)/b13-7-. The zero-order chi connectivity index (χ0) is 23.7. The molecule has 170 valence electrons. The minimum Gasteiger partial charge on any atom is -0.300 e. The Morgan fingerprint density at radius 2 is 2.09 bits per heavy atom. The van der Waals surface area contributed by atoms with Crippen LogP contribution < -0.4 is 16.2 Å². The fourth-order valence-electron chi connectivity index (χ4n) is 2.33. The number of Topliss-reactive ketones (excluding diaryl/α,β-unsaturated/α-hetero) is 1. The van der Waals surface area contributed by atoms with Crippen molar-refractivity contribution in [2.75, 3.05) is 17.4 Å². The van der Waals surface area contributed by atoms with Gasteiger partial charge in [-0.3, -0.25) is 24.7 Å². The highest BCUT2D eigenvalue weighted by atomic mass is 35.5. The summed E-state index contributed by atoms with van der Waals surface area (Å²) in [5, 5.41) is 3.25. The lowest BCUT2D eigenvalue weighted by molar-refractivity contribution is -0.122. The van der Waals surface area contributed by atoms with Crippen molar-refractivity contribution in [3.05, 3.63) is 53.1 Å². The molecule has 2 rings (SSSR count). The van der Waals surface area contributed by atoms with Gasteiger partial charge in [0.2, 0.25) is 6.41 Å². The number of carbonyl (C=O) groups excluding carboxylic acids is 3. The second kappa shape index (κ2) is 12.5. The number of rotatable bonds is 11. The monoisotopic (exact) mass is 500 g/mol. The Labute approximate surface area is 196 Å². The number of ketones is 1. The van der Waals surface area contributed by atoms with E-state index < -0.39 is 18.4 Å². The predicted octanol–water partition coefficient (Wildman–Crippen LogP) is 3.90. The average molecular weight is 501 g/mol. The van der Waals surface area contributed by atoms with Crippen LogP contribution in [0, 0.1) is 5.82 Å². The van der Waals surface area contributed by atoms with E-state index in [4.69, 9.17) is 17.4 Å². The van der Waals surface area contributed by atoms with E-state index in [0.29, 0.717) is 27.1 Å². The van der Waals surface area contributed by atoms with Crippen LogP contribution >= 0.6 is 35.1 Å². The van der Waals surface area contributed by atoms with Gasteiger partial charge in [-0.2, -0.15) is 0 Å². The normalized spacial score (nSPS) is 11.2. The van der Waals surface area contributed by atoms with Crippen molar-refractivity contribution in [3.8, 4) is 0 Å². The molecule has 0 saturated heterocycles. The SMILES string of the molecule is CC(=O)CCSc1ncccc1Sc1cc(N(N)/C(=C\C(=O)NC=O)CF)c(F)cc1Cl. The number of halogens is 3. The van der Waals surface area contributed by atoms with Gasteiger partial charge in [0.25, 0.3) is 5.91 Å². The number of hydrogen-bond acceptors (Lipinski definition) is 8. The first-order chi connectivity index (χ1) is 15.3. The molecular formula is C20H19ClF2N4O3S2. The Kier molecular flexibility index (Phi) is 10.1. The van der Waals surface area contributed by atoms with Crippen molar-refractivity contribution < 1.29 is 23.2 Å². The molecule has 0 aliphatic heterocycles. The summed E-state index contributed by atoms with van der Waals surface area (Å²) >= 11 is 8.80. The number of thioether (sulfide) groups is 1. The minimum atomic E-state index is -1.19. The van der Waals surface area contributed by atoms with E-state index in [2.05, 4.69) is 4.98 Å². The van der Waals surface area contributed by atoms with Gasteiger partial charge in [-0.05, 0) is 31.2 Å². The summed E-state index contributed by atoms with van der Waals surface area (Å²) < 4.78 is 28.0. The second-order valence-corrected chi connectivity index (χ2v) is 8.78. The summed E-state index contributed by atoms with van der Waals surface area (Å²) in [6.07, 6.45) is 2.89. The van der Waals surface area contributed by atoms with E-state index in [0.717, 1.165) is 17.0 Å². The molecule has 12 heteroatoms. The molecule has 0 radical (unpaired) electrons. The fourth-order valence-corrected chi connectivity index (χ4v) is 4.68. The number of nitrogens with one attached hydrogen (secondary N) is 1. The lowest BCUT2D eigenvalue weighted by atomic mass is 10.2. The summed E-state index contributed by atoms with van der Waals surface area (Å²) in [7, 11) is 0. The number of anilines is 1. The maximum absolute atomic E-state index is 14.6. The van der Waals surface area contributed by atoms with Gasteiger partial charge >= 0.3 is 0 Å². The fraction of sp³-hybridized carbons (Fsp3) is 0.200. The van der Waals surface area contributed by atoms with Gasteiger partial charge < -0.3 is 0 Å². The van der Waals surface area contributed by atoms with E-state index in [9.17, 15) is 23.2 Å². The highest BCUT2D eigenvalue weighted by Crippen LogP contribution is 2.40. The number of alkyl halides is 1. The van der Waals surface area contributed by atoms with Crippen LogP contribution in [0.25, 0.3) is 0 Å². The first-order valence-electron chi connectivity index (χ1n) is 9.06. The Balaban J connectivity index is 2.34. The van der Waals surface area contributed by atoms with Gasteiger partial charge in [-0.15, -0.1) is 11.8 Å². The molecular weight excluding hydrogens is 482 g/mol. The lowest BCUT2D eigenvalue weighted by Crippen LogP contribution is -2.33. The number of benzene rings is 1. The minimum absolute atomic E-state index is 0.0652. The molecule has 3 N–H and O–H groups in total. The molecule has 1 heterocycles. The number of amides is 2. The highest BCUT2D eigenvalue weighted by Gasteiger charge is 2.18. The van der Waals surface area contributed by atoms with Gasteiger partial charge in [-0.25, -0.2) is 19.6 Å². The Morgan fingerprint density at radius 3 is 2.75 bits per heavy atom. The van der Waals surface area contributed by atoms with Crippen LogP contribution in [0.4, 0.5) is 14.5 Å². The van der Waals surface area contributed by atoms with Crippen molar-refractivity contribution in [2.45, 2.75) is 28.2 Å². The zero-order valence-corrected chi connectivity index (χ0v) is 19.2. The van der Waals surface area contributed by atoms with Crippen LogP contribution in [0.15, 0.2) is 57.1 Å². The molecule has 2 amide bonds. The highest BCUT2D eigenvalue weighted by molar-refractivity contribution is 8.02. The van der Waals surface area contributed by atoms with Gasteiger partial charge in [0.05, 0.1) is 16.4 Å². The van der Waals surface area contributed by atoms with Crippen LogP contribution in [-0.4, -0.2) is 35.5 Å². The largest absolute Gasteiger partial charge is 0.300 e. The molecule has 1 aromatic heterocycles. The Hall–Kier alpha value is -2.47. The molecule has 1 aromatic carbocycles. The van der Waals surface area contributed by atoms with Gasteiger partial charge in [0, 0.05) is 34.2 Å². The van der Waals surface area contributed by atoms with E-state index in [1.54, 1.807) is 18.3 Å². The number of hydrazine groups is 1. The van der Waals surface area contributed by atoms with Crippen LogP contribution in [0.1, 0.15) is 13.3 Å². The van der Waals surface area contributed by atoms with Crippen molar-refractivity contribution in [2.24, 2.45) is 5.84 Å². The average Bonchev–Trinajstić information content (AvgIpc) is 2.74. The molecule has 0 aliphatic carbocycles. The number of nitrogens with zero attached hydrogens (tertiary/aromatic N) is 2. The quantitative estimate of drug-likeness (QED) is 0.157. The number of allylic oxidation sites excluding steroid dienone is 1. The first kappa shape index (κ1) is 25.8. The molecule has 32 heavy (non-hydrogen) atoms. The molecule has 0 atom stereocenters. The summed E-state index contributed by atoms with van der Waals surface area (Å²) in [6, 6.07) is 5.87. The number of aromatic nitrogens is 1.